The van der Waals surface area contributed by atoms with Gasteiger partial charge in [0.25, 0.3) is 0 Å². The van der Waals surface area contributed by atoms with E-state index in [-0.39, 0.29) is 0 Å². The highest BCUT2D eigenvalue weighted by Gasteiger charge is 2.11. The average molecular weight is 348 g/mol. The molecule has 3 heteroatoms. The van der Waals surface area contributed by atoms with Gasteiger partial charge in [-0.1, -0.05) is 50.1 Å². The maximum atomic E-state index is 5.37. The molecule has 0 saturated carbocycles. The summed E-state index contributed by atoms with van der Waals surface area (Å²) in [6.45, 7) is 2.23. The van der Waals surface area contributed by atoms with Crippen molar-refractivity contribution in [3.05, 3.63) is 58.6 Å². The van der Waals surface area contributed by atoms with Crippen LogP contribution < -0.4 is 10.1 Å². The standard InChI is InChI=1S/C18H22BrNO/c1-3-4-10-17(14-8-6-5-7-9-14)20-15-11-12-16(19)18(13-15)21-2/h5-9,11-13,17,20H,3-4,10H2,1-2H3. The molecule has 0 aromatic heterocycles. The van der Waals surface area contributed by atoms with E-state index in [9.17, 15) is 0 Å². The number of methoxy groups -OCH3 is 1. The zero-order valence-corrected chi connectivity index (χ0v) is 14.2. The number of hydrogen-bond donors (Lipinski definition) is 1. The quantitative estimate of drug-likeness (QED) is 0.683. The molecular weight excluding hydrogens is 326 g/mol. The monoisotopic (exact) mass is 347 g/mol. The van der Waals surface area contributed by atoms with E-state index in [4.69, 9.17) is 4.74 Å². The van der Waals surface area contributed by atoms with Crippen LogP contribution in [0.15, 0.2) is 53.0 Å². The summed E-state index contributed by atoms with van der Waals surface area (Å²) in [6, 6.07) is 17.1. The Hall–Kier alpha value is -1.48. The van der Waals surface area contributed by atoms with Crippen LogP contribution in [0.5, 0.6) is 5.75 Å². The summed E-state index contributed by atoms with van der Waals surface area (Å²) >= 11 is 3.49. The molecule has 0 spiro atoms. The summed E-state index contributed by atoms with van der Waals surface area (Å²) in [4.78, 5) is 0. The van der Waals surface area contributed by atoms with E-state index in [1.165, 1.54) is 18.4 Å². The van der Waals surface area contributed by atoms with E-state index in [2.05, 4.69) is 64.6 Å². The Morgan fingerprint density at radius 3 is 2.57 bits per heavy atom. The van der Waals surface area contributed by atoms with Crippen LogP contribution in [-0.2, 0) is 0 Å². The number of rotatable bonds is 7. The molecule has 0 aliphatic carbocycles. The van der Waals surface area contributed by atoms with Crippen molar-refractivity contribution in [1.82, 2.24) is 0 Å². The molecule has 2 aromatic rings. The molecule has 0 radical (unpaired) electrons. The molecule has 0 aliphatic heterocycles. The SMILES string of the molecule is CCCCC(Nc1ccc(Br)c(OC)c1)c1ccccc1. The van der Waals surface area contributed by atoms with Crippen molar-refractivity contribution in [1.29, 1.82) is 0 Å². The van der Waals surface area contributed by atoms with E-state index >= 15 is 0 Å². The van der Waals surface area contributed by atoms with Crippen molar-refractivity contribution < 1.29 is 4.74 Å². The molecule has 2 rings (SSSR count). The van der Waals surface area contributed by atoms with Gasteiger partial charge in [-0.2, -0.15) is 0 Å². The largest absolute Gasteiger partial charge is 0.495 e. The lowest BCUT2D eigenvalue weighted by molar-refractivity contribution is 0.412. The van der Waals surface area contributed by atoms with Crippen LogP contribution in [0.4, 0.5) is 5.69 Å². The van der Waals surface area contributed by atoms with Crippen molar-refractivity contribution in [2.24, 2.45) is 0 Å². The third kappa shape index (κ3) is 4.50. The smallest absolute Gasteiger partial charge is 0.135 e. The van der Waals surface area contributed by atoms with Crippen LogP contribution in [0.25, 0.3) is 0 Å². The molecule has 112 valence electrons. The Labute approximate surface area is 135 Å². The van der Waals surface area contributed by atoms with E-state index in [0.717, 1.165) is 22.3 Å². The number of benzene rings is 2. The third-order valence-corrected chi connectivity index (χ3v) is 4.20. The predicted molar refractivity (Wildman–Crippen MR) is 93.0 cm³/mol. The molecule has 0 amide bonds. The first kappa shape index (κ1) is 15.9. The highest BCUT2D eigenvalue weighted by Crippen LogP contribution is 2.31. The van der Waals surface area contributed by atoms with Gasteiger partial charge in [-0.25, -0.2) is 0 Å². The molecule has 1 atom stereocenters. The van der Waals surface area contributed by atoms with E-state index in [1.807, 2.05) is 12.1 Å². The summed E-state index contributed by atoms with van der Waals surface area (Å²) < 4.78 is 6.34. The molecule has 1 unspecified atom stereocenters. The summed E-state index contributed by atoms with van der Waals surface area (Å²) in [5.74, 6) is 0.849. The van der Waals surface area contributed by atoms with E-state index < -0.39 is 0 Å². The normalized spacial score (nSPS) is 12.0. The third-order valence-electron chi connectivity index (χ3n) is 3.54. The number of nitrogens with one attached hydrogen (secondary N) is 1. The first-order chi connectivity index (χ1) is 10.2. The number of halogens is 1. The maximum Gasteiger partial charge on any atom is 0.135 e. The minimum atomic E-state index is 0.331. The molecular formula is C18H22BrNO. The second-order valence-electron chi connectivity index (χ2n) is 5.10. The van der Waals surface area contributed by atoms with Gasteiger partial charge in [0, 0.05) is 11.8 Å². The van der Waals surface area contributed by atoms with Gasteiger partial charge < -0.3 is 10.1 Å². The summed E-state index contributed by atoms with van der Waals surface area (Å²) in [5.41, 5.74) is 2.41. The fraction of sp³-hybridized carbons (Fsp3) is 0.333. The van der Waals surface area contributed by atoms with Gasteiger partial charge in [0.2, 0.25) is 0 Å². The van der Waals surface area contributed by atoms with Crippen LogP contribution in [-0.4, -0.2) is 7.11 Å². The van der Waals surface area contributed by atoms with E-state index in [0.29, 0.717) is 6.04 Å². The molecule has 21 heavy (non-hydrogen) atoms. The minimum absolute atomic E-state index is 0.331. The van der Waals surface area contributed by atoms with Crippen molar-refractivity contribution >= 4 is 21.6 Å². The van der Waals surface area contributed by atoms with Crippen LogP contribution >= 0.6 is 15.9 Å². The van der Waals surface area contributed by atoms with Crippen LogP contribution in [0, 0.1) is 0 Å². The Kier molecular flexibility index (Phi) is 6.12. The molecule has 0 heterocycles. The van der Waals surface area contributed by atoms with Crippen molar-refractivity contribution in [3.8, 4) is 5.75 Å². The molecule has 1 N–H and O–H groups in total. The first-order valence-corrected chi connectivity index (χ1v) is 8.19. The molecule has 2 nitrogen and oxygen atoms in total. The average Bonchev–Trinajstić information content (AvgIpc) is 2.53. The van der Waals surface area contributed by atoms with Crippen LogP contribution in [0.3, 0.4) is 0 Å². The Morgan fingerprint density at radius 2 is 1.90 bits per heavy atom. The Balaban J connectivity index is 2.18. The number of hydrogen-bond acceptors (Lipinski definition) is 2. The van der Waals surface area contributed by atoms with Gasteiger partial charge in [0.15, 0.2) is 0 Å². The minimum Gasteiger partial charge on any atom is -0.495 e. The zero-order chi connectivity index (χ0) is 15.1. The molecule has 0 aliphatic rings. The fourth-order valence-electron chi connectivity index (χ4n) is 2.37. The van der Waals surface area contributed by atoms with Gasteiger partial charge in [-0.15, -0.1) is 0 Å². The number of unbranched alkanes of at least 4 members (excludes halogenated alkanes) is 1. The zero-order valence-electron chi connectivity index (χ0n) is 12.6. The van der Waals surface area contributed by atoms with Crippen molar-refractivity contribution in [2.45, 2.75) is 32.2 Å². The number of ether oxygens (including phenoxy) is 1. The topological polar surface area (TPSA) is 21.3 Å². The highest BCUT2D eigenvalue weighted by molar-refractivity contribution is 9.10. The van der Waals surface area contributed by atoms with Gasteiger partial charge >= 0.3 is 0 Å². The second kappa shape index (κ2) is 8.08. The molecule has 0 fully saturated rings. The van der Waals surface area contributed by atoms with E-state index in [1.54, 1.807) is 7.11 Å². The molecule has 2 aromatic carbocycles. The second-order valence-corrected chi connectivity index (χ2v) is 5.95. The van der Waals surface area contributed by atoms with Crippen LogP contribution in [0.2, 0.25) is 0 Å². The number of anilines is 1. The maximum absolute atomic E-state index is 5.37. The summed E-state index contributed by atoms with van der Waals surface area (Å²) in [6.07, 6.45) is 3.54. The lowest BCUT2D eigenvalue weighted by Gasteiger charge is -2.21. The Bertz CT molecular complexity index is 556. The fourth-order valence-corrected chi connectivity index (χ4v) is 2.78. The lowest BCUT2D eigenvalue weighted by atomic mass is 10.0. The van der Waals surface area contributed by atoms with Crippen LogP contribution in [0.1, 0.15) is 37.8 Å². The molecule has 0 saturated heterocycles. The van der Waals surface area contributed by atoms with Gasteiger partial charge in [0.05, 0.1) is 17.6 Å². The summed E-state index contributed by atoms with van der Waals surface area (Å²) in [7, 11) is 1.69. The lowest BCUT2D eigenvalue weighted by Crippen LogP contribution is -2.10. The highest BCUT2D eigenvalue weighted by atomic mass is 79.9. The predicted octanol–water partition coefficient (Wildman–Crippen LogP) is 5.80. The van der Waals surface area contributed by atoms with Gasteiger partial charge in [0.1, 0.15) is 5.75 Å². The first-order valence-electron chi connectivity index (χ1n) is 7.39. The summed E-state index contributed by atoms with van der Waals surface area (Å²) in [5, 5.41) is 3.63. The molecule has 0 bridgehead atoms. The van der Waals surface area contributed by atoms with Gasteiger partial charge in [-0.3, -0.25) is 0 Å². The van der Waals surface area contributed by atoms with Crippen molar-refractivity contribution in [2.75, 3.05) is 12.4 Å². The van der Waals surface area contributed by atoms with Crippen molar-refractivity contribution in [3.63, 3.8) is 0 Å². The van der Waals surface area contributed by atoms with Gasteiger partial charge in [-0.05, 0) is 40.0 Å². The Morgan fingerprint density at radius 1 is 1.14 bits per heavy atom.